The van der Waals surface area contributed by atoms with Crippen molar-refractivity contribution in [1.82, 2.24) is 20.1 Å². The predicted molar refractivity (Wildman–Crippen MR) is 102 cm³/mol. The van der Waals surface area contributed by atoms with Crippen LogP contribution in [-0.2, 0) is 0 Å². The number of anilines is 1. The first-order valence-corrected chi connectivity index (χ1v) is 9.17. The van der Waals surface area contributed by atoms with E-state index in [0.29, 0.717) is 17.8 Å². The zero-order valence-corrected chi connectivity index (χ0v) is 14.9. The standard InChI is InChI=1S/C20H23N5O/c1-2-25-13-7-10-16(25)14-22-18-17(11-6-12-21-18)20-24-23-19(26-20)15-8-4-3-5-9-15/h3-6,8-9,11-12,16H,2,7,10,13-14H2,1H3,(H,21,22). The molecule has 1 atom stereocenters. The molecular formula is C20H23N5O. The summed E-state index contributed by atoms with van der Waals surface area (Å²) in [6.07, 6.45) is 4.27. The van der Waals surface area contributed by atoms with Gasteiger partial charge in [-0.25, -0.2) is 4.98 Å². The number of nitrogens with one attached hydrogen (secondary N) is 1. The van der Waals surface area contributed by atoms with Crippen LogP contribution in [0.25, 0.3) is 22.9 Å². The van der Waals surface area contributed by atoms with Gasteiger partial charge < -0.3 is 9.73 Å². The molecule has 134 valence electrons. The summed E-state index contributed by atoms with van der Waals surface area (Å²) in [5, 5.41) is 11.9. The highest BCUT2D eigenvalue weighted by Gasteiger charge is 2.23. The molecule has 0 bridgehead atoms. The van der Waals surface area contributed by atoms with Crippen molar-refractivity contribution >= 4 is 5.82 Å². The third-order valence-electron chi connectivity index (χ3n) is 4.89. The lowest BCUT2D eigenvalue weighted by atomic mass is 10.2. The molecule has 0 radical (unpaired) electrons. The zero-order valence-electron chi connectivity index (χ0n) is 14.9. The minimum Gasteiger partial charge on any atom is -0.416 e. The predicted octanol–water partition coefficient (Wildman–Crippen LogP) is 3.69. The number of hydrogen-bond acceptors (Lipinski definition) is 6. The second kappa shape index (κ2) is 7.66. The number of benzene rings is 1. The van der Waals surface area contributed by atoms with Crippen molar-refractivity contribution in [3.05, 3.63) is 48.7 Å². The van der Waals surface area contributed by atoms with Gasteiger partial charge in [-0.3, -0.25) is 4.90 Å². The van der Waals surface area contributed by atoms with Gasteiger partial charge in [-0.15, -0.1) is 10.2 Å². The van der Waals surface area contributed by atoms with E-state index in [1.807, 2.05) is 42.5 Å². The van der Waals surface area contributed by atoms with Crippen LogP contribution in [-0.4, -0.2) is 45.8 Å². The molecule has 1 fully saturated rings. The second-order valence-corrected chi connectivity index (χ2v) is 6.48. The summed E-state index contributed by atoms with van der Waals surface area (Å²) in [4.78, 5) is 7.00. The zero-order chi connectivity index (χ0) is 17.8. The van der Waals surface area contributed by atoms with Crippen molar-refractivity contribution in [2.75, 3.05) is 25.0 Å². The Hall–Kier alpha value is -2.73. The van der Waals surface area contributed by atoms with Gasteiger partial charge in [-0.1, -0.05) is 25.1 Å². The van der Waals surface area contributed by atoms with E-state index in [-0.39, 0.29) is 0 Å². The molecule has 0 amide bonds. The summed E-state index contributed by atoms with van der Waals surface area (Å²) < 4.78 is 5.90. The van der Waals surface area contributed by atoms with Crippen molar-refractivity contribution in [2.24, 2.45) is 0 Å². The van der Waals surface area contributed by atoms with Crippen molar-refractivity contribution in [3.63, 3.8) is 0 Å². The highest BCUT2D eigenvalue weighted by molar-refractivity contribution is 5.69. The summed E-state index contributed by atoms with van der Waals surface area (Å²) in [5.41, 5.74) is 1.75. The van der Waals surface area contributed by atoms with E-state index in [1.54, 1.807) is 6.20 Å². The number of rotatable bonds is 6. The van der Waals surface area contributed by atoms with Crippen LogP contribution in [0, 0.1) is 0 Å². The van der Waals surface area contributed by atoms with Crippen LogP contribution >= 0.6 is 0 Å². The Morgan fingerprint density at radius 1 is 1.12 bits per heavy atom. The molecule has 4 rings (SSSR count). The number of aromatic nitrogens is 3. The summed E-state index contributed by atoms with van der Waals surface area (Å²) in [6.45, 7) is 5.36. The first-order valence-electron chi connectivity index (χ1n) is 9.17. The fraction of sp³-hybridized carbons (Fsp3) is 0.350. The van der Waals surface area contributed by atoms with E-state index in [0.717, 1.165) is 30.0 Å². The van der Waals surface area contributed by atoms with Gasteiger partial charge >= 0.3 is 0 Å². The van der Waals surface area contributed by atoms with E-state index in [4.69, 9.17) is 4.42 Å². The number of pyridine rings is 1. The van der Waals surface area contributed by atoms with Crippen molar-refractivity contribution in [3.8, 4) is 22.9 Å². The Morgan fingerprint density at radius 3 is 2.81 bits per heavy atom. The molecule has 2 aromatic heterocycles. The van der Waals surface area contributed by atoms with E-state index in [2.05, 4.69) is 32.3 Å². The second-order valence-electron chi connectivity index (χ2n) is 6.48. The molecule has 3 heterocycles. The maximum atomic E-state index is 5.90. The van der Waals surface area contributed by atoms with Gasteiger partial charge in [0, 0.05) is 24.3 Å². The summed E-state index contributed by atoms with van der Waals surface area (Å²) in [6, 6.07) is 14.2. The molecule has 1 aromatic carbocycles. The van der Waals surface area contributed by atoms with Gasteiger partial charge in [0.05, 0.1) is 5.56 Å². The molecule has 0 aliphatic carbocycles. The highest BCUT2D eigenvalue weighted by atomic mass is 16.4. The van der Waals surface area contributed by atoms with Crippen LogP contribution in [0.5, 0.6) is 0 Å². The van der Waals surface area contributed by atoms with Crippen molar-refractivity contribution in [2.45, 2.75) is 25.8 Å². The van der Waals surface area contributed by atoms with E-state index in [9.17, 15) is 0 Å². The Kier molecular flexibility index (Phi) is 4.93. The molecule has 1 N–H and O–H groups in total. The largest absolute Gasteiger partial charge is 0.416 e. The normalized spacial score (nSPS) is 17.5. The quantitative estimate of drug-likeness (QED) is 0.732. The average Bonchev–Trinajstić information content (AvgIpc) is 3.36. The molecule has 1 saturated heterocycles. The Balaban J connectivity index is 1.54. The average molecular weight is 349 g/mol. The molecule has 0 saturated carbocycles. The molecule has 0 spiro atoms. The Labute approximate surface area is 153 Å². The fourth-order valence-corrected chi connectivity index (χ4v) is 3.51. The van der Waals surface area contributed by atoms with Crippen LogP contribution in [0.1, 0.15) is 19.8 Å². The summed E-state index contributed by atoms with van der Waals surface area (Å²) in [7, 11) is 0. The Morgan fingerprint density at radius 2 is 1.96 bits per heavy atom. The van der Waals surface area contributed by atoms with Crippen LogP contribution in [0.2, 0.25) is 0 Å². The molecular weight excluding hydrogens is 326 g/mol. The van der Waals surface area contributed by atoms with Gasteiger partial charge in [-0.2, -0.15) is 0 Å². The molecule has 1 aliphatic rings. The van der Waals surface area contributed by atoms with Crippen LogP contribution in [0.15, 0.2) is 53.1 Å². The Bertz CT molecular complexity index is 848. The fourth-order valence-electron chi connectivity index (χ4n) is 3.51. The maximum absolute atomic E-state index is 5.90. The first kappa shape index (κ1) is 16.7. The van der Waals surface area contributed by atoms with Gasteiger partial charge in [0.25, 0.3) is 5.89 Å². The van der Waals surface area contributed by atoms with E-state index in [1.165, 1.54) is 19.4 Å². The van der Waals surface area contributed by atoms with Crippen LogP contribution < -0.4 is 5.32 Å². The summed E-state index contributed by atoms with van der Waals surface area (Å²) >= 11 is 0. The molecule has 3 aromatic rings. The molecule has 1 aliphatic heterocycles. The van der Waals surface area contributed by atoms with Gasteiger partial charge in [-0.05, 0) is 50.2 Å². The lowest BCUT2D eigenvalue weighted by Crippen LogP contribution is -2.34. The third kappa shape index (κ3) is 3.46. The van der Waals surface area contributed by atoms with Crippen LogP contribution in [0.4, 0.5) is 5.82 Å². The van der Waals surface area contributed by atoms with Crippen LogP contribution in [0.3, 0.4) is 0 Å². The SMILES string of the molecule is CCN1CCCC1CNc1ncccc1-c1nnc(-c2ccccc2)o1. The minimum atomic E-state index is 0.484. The topological polar surface area (TPSA) is 67.1 Å². The molecule has 6 nitrogen and oxygen atoms in total. The van der Waals surface area contributed by atoms with E-state index < -0.39 is 0 Å². The number of nitrogens with zero attached hydrogens (tertiary/aromatic N) is 4. The minimum absolute atomic E-state index is 0.484. The number of likely N-dealkylation sites (N-methyl/N-ethyl adjacent to an activating group) is 1. The number of likely N-dealkylation sites (tertiary alicyclic amines) is 1. The van der Waals surface area contributed by atoms with E-state index >= 15 is 0 Å². The molecule has 26 heavy (non-hydrogen) atoms. The van der Waals surface area contributed by atoms with Gasteiger partial charge in [0.15, 0.2) is 0 Å². The summed E-state index contributed by atoms with van der Waals surface area (Å²) in [5.74, 6) is 1.79. The van der Waals surface area contributed by atoms with Crippen molar-refractivity contribution < 1.29 is 4.42 Å². The maximum Gasteiger partial charge on any atom is 0.251 e. The van der Waals surface area contributed by atoms with Gasteiger partial charge in [0.2, 0.25) is 5.89 Å². The van der Waals surface area contributed by atoms with Gasteiger partial charge in [0.1, 0.15) is 5.82 Å². The molecule has 1 unspecified atom stereocenters. The highest BCUT2D eigenvalue weighted by Crippen LogP contribution is 2.28. The molecule has 6 heteroatoms. The first-order chi connectivity index (χ1) is 12.8. The number of hydrogen-bond donors (Lipinski definition) is 1. The smallest absolute Gasteiger partial charge is 0.251 e. The van der Waals surface area contributed by atoms with Crippen molar-refractivity contribution in [1.29, 1.82) is 0 Å². The monoisotopic (exact) mass is 349 g/mol. The lowest BCUT2D eigenvalue weighted by molar-refractivity contribution is 0.277. The lowest BCUT2D eigenvalue weighted by Gasteiger charge is -2.23. The third-order valence-corrected chi connectivity index (χ3v) is 4.89.